The number of anilines is 2. The summed E-state index contributed by atoms with van der Waals surface area (Å²) >= 11 is 6.01. The number of amides is 1. The Labute approximate surface area is 144 Å². The molecule has 6 nitrogen and oxygen atoms in total. The first-order chi connectivity index (χ1) is 11.4. The lowest BCUT2D eigenvalue weighted by Crippen LogP contribution is -2.17. The molecule has 0 fully saturated rings. The zero-order valence-electron chi connectivity index (χ0n) is 13.3. The number of halogens is 1. The molecule has 0 saturated carbocycles. The number of nitrogen functional groups attached to an aromatic ring is 1. The number of nitrogens with one attached hydrogen (secondary N) is 1. The number of benzene rings is 2. The maximum absolute atomic E-state index is 12.1. The molecule has 1 amide bonds. The summed E-state index contributed by atoms with van der Waals surface area (Å²) in [5.41, 5.74) is 6.85. The first-order valence-corrected chi connectivity index (χ1v) is 7.42. The minimum atomic E-state index is -0.481. The Morgan fingerprint density at radius 3 is 2.46 bits per heavy atom. The van der Waals surface area contributed by atoms with Gasteiger partial charge in [0.15, 0.2) is 5.78 Å². The minimum Gasteiger partial charge on any atom is -0.495 e. The number of carbonyl (C=O) groups excluding carboxylic acids is 2. The van der Waals surface area contributed by atoms with Gasteiger partial charge in [-0.3, -0.25) is 9.59 Å². The summed E-state index contributed by atoms with van der Waals surface area (Å²) in [5, 5.41) is 2.97. The van der Waals surface area contributed by atoms with Crippen LogP contribution in [-0.2, 0) is 4.79 Å². The zero-order valence-corrected chi connectivity index (χ0v) is 14.0. The third-order valence-electron chi connectivity index (χ3n) is 3.28. The Morgan fingerprint density at radius 2 is 1.83 bits per heavy atom. The van der Waals surface area contributed by atoms with Gasteiger partial charge in [0.1, 0.15) is 11.5 Å². The molecule has 0 bridgehead atoms. The number of ketones is 1. The number of Topliss-reactive ketones (excluding diaryl/α,β-unsaturated/α-hetero) is 1. The molecule has 0 radical (unpaired) electrons. The van der Waals surface area contributed by atoms with E-state index < -0.39 is 5.91 Å². The predicted octanol–water partition coefficient (Wildman–Crippen LogP) is 3.15. The molecular formula is C17H17ClN2O4. The van der Waals surface area contributed by atoms with Crippen LogP contribution in [0.15, 0.2) is 36.4 Å². The van der Waals surface area contributed by atoms with Crippen LogP contribution in [-0.4, -0.2) is 25.9 Å². The van der Waals surface area contributed by atoms with E-state index >= 15 is 0 Å². The second-order valence-corrected chi connectivity index (χ2v) is 5.37. The van der Waals surface area contributed by atoms with Crippen LogP contribution in [0.25, 0.3) is 0 Å². The smallest absolute Gasteiger partial charge is 0.232 e. The van der Waals surface area contributed by atoms with E-state index in [0.29, 0.717) is 33.5 Å². The maximum atomic E-state index is 12.1. The van der Waals surface area contributed by atoms with Crippen LogP contribution in [0.2, 0.25) is 5.02 Å². The van der Waals surface area contributed by atoms with Gasteiger partial charge in [-0.25, -0.2) is 0 Å². The van der Waals surface area contributed by atoms with Crippen LogP contribution in [0.1, 0.15) is 16.8 Å². The number of hydrogen-bond acceptors (Lipinski definition) is 5. The summed E-state index contributed by atoms with van der Waals surface area (Å²) in [6, 6.07) is 9.52. The van der Waals surface area contributed by atoms with Crippen LogP contribution in [0.5, 0.6) is 11.5 Å². The van der Waals surface area contributed by atoms with Crippen LogP contribution in [0.3, 0.4) is 0 Å². The van der Waals surface area contributed by atoms with Gasteiger partial charge < -0.3 is 20.5 Å². The molecule has 24 heavy (non-hydrogen) atoms. The van der Waals surface area contributed by atoms with Crippen molar-refractivity contribution in [2.45, 2.75) is 6.42 Å². The monoisotopic (exact) mass is 348 g/mol. The van der Waals surface area contributed by atoms with Gasteiger partial charge in [0.25, 0.3) is 0 Å². The van der Waals surface area contributed by atoms with E-state index in [1.54, 1.807) is 18.2 Å². The van der Waals surface area contributed by atoms with Crippen molar-refractivity contribution in [1.82, 2.24) is 0 Å². The third-order valence-corrected chi connectivity index (χ3v) is 3.57. The van der Waals surface area contributed by atoms with Crippen molar-refractivity contribution in [2.24, 2.45) is 0 Å². The maximum Gasteiger partial charge on any atom is 0.232 e. The van der Waals surface area contributed by atoms with Crippen molar-refractivity contribution < 1.29 is 19.1 Å². The largest absolute Gasteiger partial charge is 0.495 e. The fourth-order valence-electron chi connectivity index (χ4n) is 2.11. The van der Waals surface area contributed by atoms with Crippen molar-refractivity contribution in [3.63, 3.8) is 0 Å². The number of nitrogens with two attached hydrogens (primary N) is 1. The molecule has 0 aliphatic heterocycles. The molecule has 0 spiro atoms. The Morgan fingerprint density at radius 1 is 1.12 bits per heavy atom. The van der Waals surface area contributed by atoms with Gasteiger partial charge in [-0.1, -0.05) is 23.7 Å². The summed E-state index contributed by atoms with van der Waals surface area (Å²) in [7, 11) is 2.91. The van der Waals surface area contributed by atoms with Crippen molar-refractivity contribution in [3.8, 4) is 11.5 Å². The summed E-state index contributed by atoms with van der Waals surface area (Å²) in [6.45, 7) is 0. The Kier molecular flexibility index (Phi) is 5.65. The molecular weight excluding hydrogens is 332 g/mol. The van der Waals surface area contributed by atoms with Gasteiger partial charge in [0.2, 0.25) is 5.91 Å². The highest BCUT2D eigenvalue weighted by molar-refractivity contribution is 6.32. The van der Waals surface area contributed by atoms with Gasteiger partial charge in [0.05, 0.1) is 31.4 Å². The standard InChI is InChI=1S/C17H17ClN2O4/c1-23-15-8-13(16(24-2)7-12(15)18)20-17(22)9-14(21)10-4-3-5-11(19)6-10/h3-8H,9,19H2,1-2H3,(H,20,22). The van der Waals surface area contributed by atoms with Crippen LogP contribution < -0.4 is 20.5 Å². The molecule has 0 unspecified atom stereocenters. The first-order valence-electron chi connectivity index (χ1n) is 7.04. The Bertz CT molecular complexity index is 777. The number of methoxy groups -OCH3 is 2. The average Bonchev–Trinajstić information content (AvgIpc) is 2.55. The Balaban J connectivity index is 2.13. The summed E-state index contributed by atoms with van der Waals surface area (Å²) < 4.78 is 10.3. The van der Waals surface area contributed by atoms with Gasteiger partial charge in [-0.15, -0.1) is 0 Å². The normalized spacial score (nSPS) is 10.1. The van der Waals surface area contributed by atoms with Crippen LogP contribution in [0.4, 0.5) is 11.4 Å². The molecule has 0 saturated heterocycles. The van der Waals surface area contributed by atoms with Crippen molar-refractivity contribution >= 4 is 34.7 Å². The van der Waals surface area contributed by atoms with Crippen molar-refractivity contribution in [2.75, 3.05) is 25.3 Å². The summed E-state index contributed by atoms with van der Waals surface area (Å²) in [6.07, 6.45) is -0.322. The number of ether oxygens (including phenoxy) is 2. The molecule has 0 aliphatic rings. The van der Waals surface area contributed by atoms with E-state index in [2.05, 4.69) is 5.32 Å². The van der Waals surface area contributed by atoms with Crippen molar-refractivity contribution in [1.29, 1.82) is 0 Å². The predicted molar refractivity (Wildman–Crippen MR) is 93.0 cm³/mol. The Hall–Kier alpha value is -2.73. The van der Waals surface area contributed by atoms with Crippen molar-refractivity contribution in [3.05, 3.63) is 47.0 Å². The fourth-order valence-corrected chi connectivity index (χ4v) is 2.34. The molecule has 0 aromatic heterocycles. The van der Waals surface area contributed by atoms with E-state index in [1.807, 2.05) is 0 Å². The molecule has 2 aromatic rings. The minimum absolute atomic E-state index is 0.322. The summed E-state index contributed by atoms with van der Waals surface area (Å²) in [5.74, 6) is -0.0646. The van der Waals surface area contributed by atoms with E-state index in [1.165, 1.54) is 32.4 Å². The molecule has 0 atom stereocenters. The number of rotatable bonds is 6. The SMILES string of the molecule is COc1cc(NC(=O)CC(=O)c2cccc(N)c2)c(OC)cc1Cl. The molecule has 2 rings (SSSR count). The van der Waals surface area contributed by atoms with E-state index in [-0.39, 0.29) is 12.2 Å². The molecule has 7 heteroatoms. The first kappa shape index (κ1) is 17.6. The average molecular weight is 349 g/mol. The highest BCUT2D eigenvalue weighted by Crippen LogP contribution is 2.35. The lowest BCUT2D eigenvalue weighted by Gasteiger charge is -2.13. The van der Waals surface area contributed by atoms with Crippen LogP contribution in [0, 0.1) is 0 Å². The number of carbonyl (C=O) groups is 2. The highest BCUT2D eigenvalue weighted by Gasteiger charge is 2.16. The molecule has 0 aliphatic carbocycles. The summed E-state index contributed by atoms with van der Waals surface area (Å²) in [4.78, 5) is 24.3. The quantitative estimate of drug-likeness (QED) is 0.475. The fraction of sp³-hybridized carbons (Fsp3) is 0.176. The second kappa shape index (κ2) is 7.70. The second-order valence-electron chi connectivity index (χ2n) is 4.96. The molecule has 126 valence electrons. The lowest BCUT2D eigenvalue weighted by atomic mass is 10.1. The number of hydrogen-bond donors (Lipinski definition) is 2. The van der Waals surface area contributed by atoms with Gasteiger partial charge in [-0.05, 0) is 12.1 Å². The zero-order chi connectivity index (χ0) is 17.7. The molecule has 2 aromatic carbocycles. The molecule has 0 heterocycles. The molecule has 3 N–H and O–H groups in total. The highest BCUT2D eigenvalue weighted by atomic mass is 35.5. The topological polar surface area (TPSA) is 90.7 Å². The van der Waals surface area contributed by atoms with Gasteiger partial charge in [-0.2, -0.15) is 0 Å². The van der Waals surface area contributed by atoms with Gasteiger partial charge >= 0.3 is 0 Å². The van der Waals surface area contributed by atoms with Crippen LogP contribution >= 0.6 is 11.6 Å². The lowest BCUT2D eigenvalue weighted by molar-refractivity contribution is -0.115. The van der Waals surface area contributed by atoms with Gasteiger partial charge in [0, 0.05) is 23.4 Å². The van der Waals surface area contributed by atoms with E-state index in [9.17, 15) is 9.59 Å². The van der Waals surface area contributed by atoms with E-state index in [0.717, 1.165) is 0 Å². The third kappa shape index (κ3) is 4.17. The van der Waals surface area contributed by atoms with E-state index in [4.69, 9.17) is 26.8 Å².